The van der Waals surface area contributed by atoms with Gasteiger partial charge in [-0.1, -0.05) is 56.4 Å². The van der Waals surface area contributed by atoms with Gasteiger partial charge in [-0.2, -0.15) is 4.57 Å². The Hall–Kier alpha value is -2.20. The number of nitrogens with one attached hydrogen (secondary N) is 1. The molecule has 1 atom stereocenters. The first kappa shape index (κ1) is 18.1. The zero-order chi connectivity index (χ0) is 17.5. The summed E-state index contributed by atoms with van der Waals surface area (Å²) in [6, 6.07) is 13.5. The monoisotopic (exact) mass is 340 g/mol. The molecule has 0 saturated carbocycles. The second-order valence-electron chi connectivity index (χ2n) is 5.75. The lowest BCUT2D eigenvalue weighted by Gasteiger charge is -2.17. The molecule has 0 amide bonds. The number of aromatic nitrogens is 1. The van der Waals surface area contributed by atoms with E-state index in [1.807, 2.05) is 61.8 Å². The van der Waals surface area contributed by atoms with Gasteiger partial charge in [-0.05, 0) is 36.1 Å². The molecule has 1 N–H and O–H groups in total. The van der Waals surface area contributed by atoms with Crippen LogP contribution in [0.25, 0.3) is 11.5 Å². The number of nitrogens with zero attached hydrogens (tertiary/aromatic N) is 1. The van der Waals surface area contributed by atoms with Gasteiger partial charge in [-0.3, -0.25) is 0 Å². The van der Waals surface area contributed by atoms with Crippen molar-refractivity contribution in [1.82, 2.24) is 5.32 Å². The maximum Gasteiger partial charge on any atom is 0.237 e. The lowest BCUT2D eigenvalue weighted by atomic mass is 9.97. The number of hydrogen-bond acceptors (Lipinski definition) is 2. The molecule has 4 heteroatoms. The van der Waals surface area contributed by atoms with Crippen LogP contribution >= 0.6 is 12.2 Å². The Labute approximate surface area is 149 Å². The Morgan fingerprint density at radius 1 is 1.12 bits per heavy atom. The summed E-state index contributed by atoms with van der Waals surface area (Å²) in [5, 5.41) is 16.1. The smallest absolute Gasteiger partial charge is 0.237 e. The van der Waals surface area contributed by atoms with E-state index < -0.39 is 0 Å². The van der Waals surface area contributed by atoms with Crippen molar-refractivity contribution in [2.45, 2.75) is 33.1 Å². The van der Waals surface area contributed by atoms with Crippen molar-refractivity contribution in [2.75, 3.05) is 6.54 Å². The molecular weight excluding hydrogens is 316 g/mol. The minimum Gasteiger partial charge on any atom is -0.867 e. The van der Waals surface area contributed by atoms with E-state index in [-0.39, 0.29) is 5.76 Å². The summed E-state index contributed by atoms with van der Waals surface area (Å²) in [4.78, 5) is 0.463. The van der Waals surface area contributed by atoms with Gasteiger partial charge >= 0.3 is 0 Å². The molecule has 1 aromatic carbocycles. The second kappa shape index (κ2) is 8.60. The van der Waals surface area contributed by atoms with E-state index in [2.05, 4.69) is 19.2 Å². The van der Waals surface area contributed by atoms with Gasteiger partial charge in [-0.25, -0.2) is 0 Å². The molecule has 0 aliphatic carbocycles. The van der Waals surface area contributed by atoms with Gasteiger partial charge in [0.15, 0.2) is 17.4 Å². The number of thiocarbonyl (C=S) groups is 1. The third-order valence-corrected chi connectivity index (χ3v) is 4.43. The largest absolute Gasteiger partial charge is 0.867 e. The van der Waals surface area contributed by atoms with Gasteiger partial charge in [0.05, 0.1) is 0 Å². The topological polar surface area (TPSA) is 39.0 Å². The molecule has 0 saturated heterocycles. The first-order valence-electron chi connectivity index (χ1n) is 8.34. The van der Waals surface area contributed by atoms with Crippen LogP contribution in [0, 0.1) is 0 Å². The van der Waals surface area contributed by atoms with Crippen LogP contribution in [0.5, 0.6) is 0 Å². The van der Waals surface area contributed by atoms with Crippen LogP contribution in [-0.2, 0) is 0 Å². The Balaban J connectivity index is 2.47. The summed E-state index contributed by atoms with van der Waals surface area (Å²) in [6.07, 6.45) is 4.75. The fourth-order valence-electron chi connectivity index (χ4n) is 2.47. The second-order valence-corrected chi connectivity index (χ2v) is 6.16. The molecule has 3 nitrogen and oxygen atoms in total. The van der Waals surface area contributed by atoms with Crippen molar-refractivity contribution in [3.8, 4) is 0 Å². The molecule has 1 unspecified atom stereocenters. The van der Waals surface area contributed by atoms with Gasteiger partial charge in [0.25, 0.3) is 0 Å². The fraction of sp³-hybridized carbons (Fsp3) is 0.300. The number of pyridine rings is 1. The molecule has 0 fully saturated rings. The van der Waals surface area contributed by atoms with Crippen molar-refractivity contribution in [3.05, 3.63) is 66.0 Å². The third kappa shape index (κ3) is 4.20. The predicted molar refractivity (Wildman–Crippen MR) is 101 cm³/mol. The van der Waals surface area contributed by atoms with Crippen LogP contribution in [0.3, 0.4) is 0 Å². The normalized spacial score (nSPS) is 13.1. The average molecular weight is 340 g/mol. The van der Waals surface area contributed by atoms with E-state index in [4.69, 9.17) is 12.2 Å². The van der Waals surface area contributed by atoms with Crippen molar-refractivity contribution < 1.29 is 9.67 Å². The molecule has 0 aliphatic rings. The molecule has 0 radical (unpaired) electrons. The molecule has 2 aromatic rings. The average Bonchev–Trinajstić information content (AvgIpc) is 2.62. The molecule has 24 heavy (non-hydrogen) atoms. The van der Waals surface area contributed by atoms with E-state index >= 15 is 0 Å². The lowest BCUT2D eigenvalue weighted by molar-refractivity contribution is -0.577. The minimum atomic E-state index is -0.0761. The lowest BCUT2D eigenvalue weighted by Crippen LogP contribution is -2.42. The first-order valence-corrected chi connectivity index (χ1v) is 8.75. The van der Waals surface area contributed by atoms with Gasteiger partial charge in [0, 0.05) is 18.7 Å². The van der Waals surface area contributed by atoms with E-state index in [0.29, 0.717) is 28.7 Å². The van der Waals surface area contributed by atoms with E-state index in [9.17, 15) is 5.11 Å². The van der Waals surface area contributed by atoms with Crippen LogP contribution in [0.4, 0.5) is 0 Å². The first-order chi connectivity index (χ1) is 11.6. The van der Waals surface area contributed by atoms with E-state index in [1.165, 1.54) is 5.56 Å². The maximum absolute atomic E-state index is 13.0. The summed E-state index contributed by atoms with van der Waals surface area (Å²) < 4.78 is 1.77. The summed E-state index contributed by atoms with van der Waals surface area (Å²) in [5.74, 6) is 0.414. The molecule has 0 spiro atoms. The molecule has 0 aliphatic heterocycles. The molecule has 2 rings (SSSR count). The molecule has 126 valence electrons. The summed E-state index contributed by atoms with van der Waals surface area (Å²) >= 11 is 5.43. The fourth-order valence-corrected chi connectivity index (χ4v) is 2.81. The quantitative estimate of drug-likeness (QED) is 0.380. The Morgan fingerprint density at radius 3 is 2.29 bits per heavy atom. The molecule has 1 heterocycles. The predicted octanol–water partition coefficient (Wildman–Crippen LogP) is 3.11. The Morgan fingerprint density at radius 2 is 1.75 bits per heavy atom. The van der Waals surface area contributed by atoms with E-state index in [0.717, 1.165) is 6.42 Å². The summed E-state index contributed by atoms with van der Waals surface area (Å²) in [7, 11) is 0. The highest BCUT2D eigenvalue weighted by molar-refractivity contribution is 7.81. The molecule has 0 bridgehead atoms. The van der Waals surface area contributed by atoms with Crippen molar-refractivity contribution in [3.63, 3.8) is 0 Å². The van der Waals surface area contributed by atoms with Crippen LogP contribution in [0.2, 0.25) is 0 Å². The standard InChI is InChI=1S/C20H24N2OS/c1-4-15(3)16-9-11-17(12-10-16)19(23)18(20(24)21-5-2)22-13-7-6-8-14-22/h6-15H,4-5H2,1-3H3,(H-,21,23,24). The maximum atomic E-state index is 13.0. The van der Waals surface area contributed by atoms with Gasteiger partial charge < -0.3 is 10.4 Å². The van der Waals surface area contributed by atoms with Crippen LogP contribution in [0.1, 0.15) is 44.2 Å². The zero-order valence-electron chi connectivity index (χ0n) is 14.5. The van der Waals surface area contributed by atoms with Crippen LogP contribution in [-0.4, -0.2) is 11.5 Å². The highest BCUT2D eigenvalue weighted by Gasteiger charge is 2.17. The highest BCUT2D eigenvalue weighted by Crippen LogP contribution is 2.21. The molecule has 1 aromatic heterocycles. The van der Waals surface area contributed by atoms with Gasteiger partial charge in [-0.15, -0.1) is 0 Å². The van der Waals surface area contributed by atoms with Gasteiger partial charge in [0.2, 0.25) is 5.70 Å². The van der Waals surface area contributed by atoms with E-state index in [1.54, 1.807) is 4.57 Å². The third-order valence-electron chi connectivity index (χ3n) is 4.10. The highest BCUT2D eigenvalue weighted by atomic mass is 32.1. The molecular formula is C20H24N2OS. The summed E-state index contributed by atoms with van der Waals surface area (Å²) in [5.41, 5.74) is 2.37. The minimum absolute atomic E-state index is 0.0761. The van der Waals surface area contributed by atoms with Crippen LogP contribution < -0.4 is 15.0 Å². The number of hydrogen-bond donors (Lipinski definition) is 1. The number of rotatable bonds is 6. The summed E-state index contributed by atoms with van der Waals surface area (Å²) in [6.45, 7) is 6.99. The van der Waals surface area contributed by atoms with Crippen LogP contribution in [0.15, 0.2) is 54.9 Å². The number of likely N-dealkylation sites (N-methyl/N-ethyl adjacent to an activating group) is 1. The Bertz CT molecular complexity index is 708. The van der Waals surface area contributed by atoms with Crippen molar-refractivity contribution >= 4 is 28.7 Å². The SMILES string of the molecule is CCNC(=S)C(=C([O-])c1ccc(C(C)CC)cc1)[n+]1ccccc1. The Kier molecular flexibility index (Phi) is 6.50. The van der Waals surface area contributed by atoms with Gasteiger partial charge in [0.1, 0.15) is 0 Å². The number of benzene rings is 1. The van der Waals surface area contributed by atoms with Crippen molar-refractivity contribution in [1.29, 1.82) is 0 Å². The van der Waals surface area contributed by atoms with Crippen molar-refractivity contribution in [2.24, 2.45) is 0 Å². The zero-order valence-corrected chi connectivity index (χ0v) is 15.3.